The molecule has 1 aromatic carbocycles. The molecule has 3 rings (SSSR count). The molecular formula is C18H25ClN2O3S. The number of thioether (sulfide) groups is 1. The van der Waals surface area contributed by atoms with Gasteiger partial charge in [-0.3, -0.25) is 9.69 Å². The fourth-order valence-electron chi connectivity index (χ4n) is 3.44. The number of aliphatic hydroxyl groups excluding tert-OH is 1. The van der Waals surface area contributed by atoms with Gasteiger partial charge in [0.1, 0.15) is 0 Å². The highest BCUT2D eigenvalue weighted by Crippen LogP contribution is 2.26. The predicted octanol–water partition coefficient (Wildman–Crippen LogP) is 1.83. The van der Waals surface area contributed by atoms with Gasteiger partial charge >= 0.3 is 0 Å². The van der Waals surface area contributed by atoms with Gasteiger partial charge in [-0.05, 0) is 30.2 Å². The van der Waals surface area contributed by atoms with Crippen molar-refractivity contribution in [3.05, 3.63) is 29.3 Å². The maximum Gasteiger partial charge on any atom is 0.232 e. The number of aliphatic hydroxyl groups is 1. The van der Waals surface area contributed by atoms with Crippen molar-refractivity contribution in [2.24, 2.45) is 11.8 Å². The number of rotatable bonds is 6. The maximum atomic E-state index is 12.5. The van der Waals surface area contributed by atoms with E-state index in [2.05, 4.69) is 4.90 Å². The lowest BCUT2D eigenvalue weighted by Crippen LogP contribution is -2.41. The van der Waals surface area contributed by atoms with Gasteiger partial charge in [-0.15, -0.1) is 11.8 Å². The number of halogens is 1. The zero-order chi connectivity index (χ0) is 17.6. The van der Waals surface area contributed by atoms with E-state index in [1.54, 1.807) is 0 Å². The minimum absolute atomic E-state index is 0.142. The molecule has 2 fully saturated rings. The van der Waals surface area contributed by atoms with Gasteiger partial charge in [0.15, 0.2) is 0 Å². The Labute approximate surface area is 158 Å². The standard InChI is InChI=1S/C18H25ClN2O3S/c19-16-1-3-17(4-2-16)25-13-18(23)21-10-14(15(11-21)12-22)9-20-5-7-24-8-6-20/h1-4,14-15,22H,5-13H2/t14-,15-/m0/s1. The number of morpholine rings is 1. The summed E-state index contributed by atoms with van der Waals surface area (Å²) in [5.41, 5.74) is 0. The minimum atomic E-state index is 0.142. The lowest BCUT2D eigenvalue weighted by Gasteiger charge is -2.30. The van der Waals surface area contributed by atoms with Crippen LogP contribution in [0.2, 0.25) is 5.02 Å². The first-order valence-corrected chi connectivity index (χ1v) is 10.1. The van der Waals surface area contributed by atoms with Crippen molar-refractivity contribution in [2.75, 3.05) is 58.3 Å². The quantitative estimate of drug-likeness (QED) is 0.758. The molecule has 25 heavy (non-hydrogen) atoms. The Hall–Kier alpha value is -0.790. The van der Waals surface area contributed by atoms with Gasteiger partial charge in [0, 0.05) is 55.2 Å². The van der Waals surface area contributed by atoms with E-state index in [1.165, 1.54) is 11.8 Å². The van der Waals surface area contributed by atoms with E-state index < -0.39 is 0 Å². The molecule has 2 saturated heterocycles. The SMILES string of the molecule is O=C(CSc1ccc(Cl)cc1)N1C[C@@H](CO)[C@@H](CN2CCOCC2)C1. The van der Waals surface area contributed by atoms with Crippen molar-refractivity contribution in [3.8, 4) is 0 Å². The number of amides is 1. The summed E-state index contributed by atoms with van der Waals surface area (Å²) in [6, 6.07) is 7.54. The van der Waals surface area contributed by atoms with Crippen LogP contribution in [0.3, 0.4) is 0 Å². The van der Waals surface area contributed by atoms with Crippen molar-refractivity contribution in [2.45, 2.75) is 4.90 Å². The number of benzene rings is 1. The van der Waals surface area contributed by atoms with Crippen LogP contribution >= 0.6 is 23.4 Å². The Morgan fingerprint density at radius 2 is 1.88 bits per heavy atom. The number of carbonyl (C=O) groups is 1. The van der Waals surface area contributed by atoms with Crippen LogP contribution in [-0.4, -0.2) is 79.1 Å². The largest absolute Gasteiger partial charge is 0.396 e. The van der Waals surface area contributed by atoms with Gasteiger partial charge in [0.2, 0.25) is 5.91 Å². The zero-order valence-electron chi connectivity index (χ0n) is 14.3. The van der Waals surface area contributed by atoms with E-state index in [-0.39, 0.29) is 18.4 Å². The van der Waals surface area contributed by atoms with Crippen LogP contribution in [0.1, 0.15) is 0 Å². The Morgan fingerprint density at radius 1 is 1.20 bits per heavy atom. The molecule has 0 aromatic heterocycles. The Bertz CT molecular complexity index is 566. The molecule has 7 heteroatoms. The molecule has 138 valence electrons. The number of nitrogens with zero attached hydrogens (tertiary/aromatic N) is 2. The number of ether oxygens (including phenoxy) is 1. The molecule has 0 radical (unpaired) electrons. The lowest BCUT2D eigenvalue weighted by molar-refractivity contribution is -0.127. The van der Waals surface area contributed by atoms with Crippen LogP contribution in [-0.2, 0) is 9.53 Å². The van der Waals surface area contributed by atoms with E-state index in [1.807, 2.05) is 29.2 Å². The third kappa shape index (κ3) is 5.34. The molecule has 0 unspecified atom stereocenters. The predicted molar refractivity (Wildman–Crippen MR) is 100 cm³/mol. The Morgan fingerprint density at radius 3 is 2.56 bits per heavy atom. The molecule has 1 N–H and O–H groups in total. The minimum Gasteiger partial charge on any atom is -0.396 e. The van der Waals surface area contributed by atoms with Crippen molar-refractivity contribution in [1.82, 2.24) is 9.80 Å². The van der Waals surface area contributed by atoms with Crippen LogP contribution in [0, 0.1) is 11.8 Å². The number of hydrogen-bond acceptors (Lipinski definition) is 5. The molecule has 5 nitrogen and oxygen atoms in total. The number of likely N-dealkylation sites (tertiary alicyclic amines) is 1. The molecule has 2 aliphatic rings. The molecule has 2 heterocycles. The first kappa shape index (κ1) is 19.0. The van der Waals surface area contributed by atoms with Gasteiger partial charge in [-0.1, -0.05) is 11.6 Å². The first-order chi connectivity index (χ1) is 12.2. The van der Waals surface area contributed by atoms with Gasteiger partial charge in [-0.25, -0.2) is 0 Å². The Kier molecular flexibility index (Phi) is 7.01. The summed E-state index contributed by atoms with van der Waals surface area (Å²) >= 11 is 7.42. The van der Waals surface area contributed by atoms with E-state index >= 15 is 0 Å². The smallest absolute Gasteiger partial charge is 0.232 e. The highest BCUT2D eigenvalue weighted by atomic mass is 35.5. The highest BCUT2D eigenvalue weighted by Gasteiger charge is 2.35. The average molecular weight is 385 g/mol. The topological polar surface area (TPSA) is 53.0 Å². The molecular weight excluding hydrogens is 360 g/mol. The third-order valence-corrected chi connectivity index (χ3v) is 6.18. The highest BCUT2D eigenvalue weighted by molar-refractivity contribution is 8.00. The van der Waals surface area contributed by atoms with E-state index in [9.17, 15) is 9.90 Å². The second kappa shape index (κ2) is 9.24. The Balaban J connectivity index is 1.49. The van der Waals surface area contributed by atoms with Gasteiger partial charge < -0.3 is 14.7 Å². The van der Waals surface area contributed by atoms with Gasteiger partial charge in [-0.2, -0.15) is 0 Å². The van der Waals surface area contributed by atoms with Crippen LogP contribution in [0.5, 0.6) is 0 Å². The van der Waals surface area contributed by atoms with E-state index in [4.69, 9.17) is 16.3 Å². The third-order valence-electron chi connectivity index (χ3n) is 4.94. The fraction of sp³-hybridized carbons (Fsp3) is 0.611. The normalized spacial score (nSPS) is 24.6. The van der Waals surface area contributed by atoms with Crippen molar-refractivity contribution >= 4 is 29.3 Å². The number of hydrogen-bond donors (Lipinski definition) is 1. The summed E-state index contributed by atoms with van der Waals surface area (Å²) in [5, 5.41) is 10.4. The first-order valence-electron chi connectivity index (χ1n) is 8.73. The summed E-state index contributed by atoms with van der Waals surface area (Å²) in [4.78, 5) is 17.9. The van der Waals surface area contributed by atoms with E-state index in [0.717, 1.165) is 44.3 Å². The van der Waals surface area contributed by atoms with Gasteiger partial charge in [0.25, 0.3) is 0 Å². The molecule has 1 amide bonds. The van der Waals surface area contributed by atoms with Crippen molar-refractivity contribution in [1.29, 1.82) is 0 Å². The molecule has 0 spiro atoms. The fourth-order valence-corrected chi connectivity index (χ4v) is 4.37. The molecule has 2 aliphatic heterocycles. The van der Waals surface area contributed by atoms with Crippen LogP contribution < -0.4 is 0 Å². The molecule has 2 atom stereocenters. The van der Waals surface area contributed by atoms with Crippen LogP contribution in [0.4, 0.5) is 0 Å². The summed E-state index contributed by atoms with van der Waals surface area (Å²) < 4.78 is 5.39. The zero-order valence-corrected chi connectivity index (χ0v) is 15.8. The summed E-state index contributed by atoms with van der Waals surface area (Å²) in [5.74, 6) is 1.08. The van der Waals surface area contributed by atoms with Crippen molar-refractivity contribution in [3.63, 3.8) is 0 Å². The molecule has 0 aliphatic carbocycles. The number of carbonyl (C=O) groups excluding carboxylic acids is 1. The molecule has 0 saturated carbocycles. The van der Waals surface area contributed by atoms with Crippen LogP contribution in [0.15, 0.2) is 29.2 Å². The van der Waals surface area contributed by atoms with Crippen LogP contribution in [0.25, 0.3) is 0 Å². The second-order valence-corrected chi connectivity index (χ2v) is 8.14. The second-order valence-electron chi connectivity index (χ2n) is 6.66. The van der Waals surface area contributed by atoms with Crippen molar-refractivity contribution < 1.29 is 14.6 Å². The summed E-state index contributed by atoms with van der Waals surface area (Å²) in [7, 11) is 0. The molecule has 0 bridgehead atoms. The maximum absolute atomic E-state index is 12.5. The lowest BCUT2D eigenvalue weighted by atomic mass is 9.96. The monoisotopic (exact) mass is 384 g/mol. The molecule has 1 aromatic rings. The summed E-state index contributed by atoms with van der Waals surface area (Å²) in [6.07, 6.45) is 0. The average Bonchev–Trinajstić information content (AvgIpc) is 3.05. The van der Waals surface area contributed by atoms with Gasteiger partial charge in [0.05, 0.1) is 19.0 Å². The van der Waals surface area contributed by atoms with E-state index in [0.29, 0.717) is 23.2 Å². The summed E-state index contributed by atoms with van der Waals surface area (Å²) in [6.45, 7) is 5.90.